The smallest absolute Gasteiger partial charge is 0.271 e. The van der Waals surface area contributed by atoms with Gasteiger partial charge in [-0.2, -0.15) is 5.10 Å². The fraction of sp³-hybridized carbons (Fsp3) is 0.125. The first-order valence-corrected chi connectivity index (χ1v) is 6.46. The van der Waals surface area contributed by atoms with E-state index in [4.69, 9.17) is 0 Å². The van der Waals surface area contributed by atoms with Crippen LogP contribution in [0.15, 0.2) is 53.6 Å². The van der Waals surface area contributed by atoms with E-state index >= 15 is 0 Å². The van der Waals surface area contributed by atoms with Gasteiger partial charge in [0.25, 0.3) is 5.91 Å². The van der Waals surface area contributed by atoms with Gasteiger partial charge in [-0.25, -0.2) is 5.43 Å². The number of hydrogen-bond acceptors (Lipinski definition) is 4. The summed E-state index contributed by atoms with van der Waals surface area (Å²) in [6, 6.07) is 13.8. The Morgan fingerprint density at radius 1 is 1.19 bits per heavy atom. The van der Waals surface area contributed by atoms with Gasteiger partial charge in [-0.3, -0.25) is 4.79 Å². The third-order valence-electron chi connectivity index (χ3n) is 2.90. The van der Waals surface area contributed by atoms with E-state index in [2.05, 4.69) is 10.5 Å². The molecule has 108 valence electrons. The highest BCUT2D eigenvalue weighted by Crippen LogP contribution is 2.13. The van der Waals surface area contributed by atoms with Crippen molar-refractivity contribution in [2.45, 2.75) is 0 Å². The SMILES string of the molecule is CN(C)c1cccc(C(=O)NN=Cc2ccc(O)cc2)c1. The average Bonchev–Trinajstić information content (AvgIpc) is 2.49. The normalized spacial score (nSPS) is 10.6. The Hall–Kier alpha value is -2.82. The fourth-order valence-corrected chi connectivity index (χ4v) is 1.72. The summed E-state index contributed by atoms with van der Waals surface area (Å²) in [5, 5.41) is 13.1. The maximum atomic E-state index is 12.0. The van der Waals surface area contributed by atoms with Gasteiger partial charge in [0, 0.05) is 25.3 Å². The number of nitrogens with one attached hydrogen (secondary N) is 1. The lowest BCUT2D eigenvalue weighted by molar-refractivity contribution is 0.0955. The van der Waals surface area contributed by atoms with E-state index in [0.29, 0.717) is 5.56 Å². The second-order valence-corrected chi connectivity index (χ2v) is 4.74. The lowest BCUT2D eigenvalue weighted by Crippen LogP contribution is -2.18. The Labute approximate surface area is 123 Å². The summed E-state index contributed by atoms with van der Waals surface area (Å²) in [4.78, 5) is 13.9. The van der Waals surface area contributed by atoms with Crippen LogP contribution >= 0.6 is 0 Å². The molecule has 0 spiro atoms. The lowest BCUT2D eigenvalue weighted by Gasteiger charge is -2.12. The quantitative estimate of drug-likeness (QED) is 0.668. The molecule has 5 nitrogen and oxygen atoms in total. The number of phenols is 1. The second kappa shape index (κ2) is 6.56. The molecule has 0 bridgehead atoms. The Kier molecular flexibility index (Phi) is 4.56. The molecule has 0 saturated carbocycles. The zero-order valence-corrected chi connectivity index (χ0v) is 11.9. The van der Waals surface area contributed by atoms with Gasteiger partial charge in [0.05, 0.1) is 6.21 Å². The first kappa shape index (κ1) is 14.6. The van der Waals surface area contributed by atoms with Gasteiger partial charge in [-0.05, 0) is 48.0 Å². The van der Waals surface area contributed by atoms with Crippen LogP contribution in [0.5, 0.6) is 5.75 Å². The summed E-state index contributed by atoms with van der Waals surface area (Å²) in [6.45, 7) is 0. The van der Waals surface area contributed by atoms with Crippen molar-refractivity contribution in [2.24, 2.45) is 5.10 Å². The Balaban J connectivity index is 2.01. The van der Waals surface area contributed by atoms with Gasteiger partial charge in [-0.1, -0.05) is 6.07 Å². The Morgan fingerprint density at radius 2 is 1.90 bits per heavy atom. The number of rotatable bonds is 4. The van der Waals surface area contributed by atoms with Crippen LogP contribution in [0.2, 0.25) is 0 Å². The predicted octanol–water partition coefficient (Wildman–Crippen LogP) is 2.22. The number of benzene rings is 2. The fourth-order valence-electron chi connectivity index (χ4n) is 1.72. The summed E-state index contributed by atoms with van der Waals surface area (Å²) in [7, 11) is 3.83. The third-order valence-corrected chi connectivity index (χ3v) is 2.90. The number of aromatic hydroxyl groups is 1. The van der Waals surface area contributed by atoms with E-state index in [0.717, 1.165) is 11.3 Å². The van der Waals surface area contributed by atoms with E-state index < -0.39 is 0 Å². The molecule has 0 aliphatic heterocycles. The molecule has 5 heteroatoms. The molecule has 0 aromatic heterocycles. The van der Waals surface area contributed by atoms with E-state index in [9.17, 15) is 9.90 Å². The summed E-state index contributed by atoms with van der Waals surface area (Å²) in [6.07, 6.45) is 1.52. The molecule has 2 N–H and O–H groups in total. The van der Waals surface area contributed by atoms with Gasteiger partial charge in [0.1, 0.15) is 5.75 Å². The average molecular weight is 283 g/mol. The first-order chi connectivity index (χ1) is 10.1. The molecular formula is C16H17N3O2. The van der Waals surface area contributed by atoms with Gasteiger partial charge in [-0.15, -0.1) is 0 Å². The molecule has 0 radical (unpaired) electrons. The molecule has 0 aliphatic carbocycles. The number of anilines is 1. The summed E-state index contributed by atoms with van der Waals surface area (Å²) in [5.74, 6) is -0.0783. The highest BCUT2D eigenvalue weighted by atomic mass is 16.3. The van der Waals surface area contributed by atoms with Crippen molar-refractivity contribution in [3.05, 3.63) is 59.7 Å². The number of nitrogens with zero attached hydrogens (tertiary/aromatic N) is 2. The van der Waals surface area contributed by atoms with Crippen molar-refractivity contribution in [1.29, 1.82) is 0 Å². The number of carbonyl (C=O) groups is 1. The standard InChI is InChI=1S/C16H17N3O2/c1-19(2)14-5-3-4-13(10-14)16(21)18-17-11-12-6-8-15(20)9-7-12/h3-11,20H,1-2H3,(H,18,21). The van der Waals surface area contributed by atoms with Crippen LogP contribution in [0.25, 0.3) is 0 Å². The van der Waals surface area contributed by atoms with Crippen molar-refractivity contribution >= 4 is 17.8 Å². The van der Waals surface area contributed by atoms with Crippen molar-refractivity contribution in [2.75, 3.05) is 19.0 Å². The van der Waals surface area contributed by atoms with E-state index in [1.807, 2.05) is 31.1 Å². The van der Waals surface area contributed by atoms with Gasteiger partial charge < -0.3 is 10.0 Å². The monoisotopic (exact) mass is 283 g/mol. The molecule has 0 aliphatic rings. The van der Waals surface area contributed by atoms with Gasteiger partial charge >= 0.3 is 0 Å². The van der Waals surface area contributed by atoms with Crippen molar-refractivity contribution in [3.63, 3.8) is 0 Å². The highest BCUT2D eigenvalue weighted by Gasteiger charge is 2.05. The minimum atomic E-state index is -0.270. The molecule has 0 unspecified atom stereocenters. The number of carbonyl (C=O) groups excluding carboxylic acids is 1. The van der Waals surface area contributed by atoms with Crippen LogP contribution in [0.3, 0.4) is 0 Å². The molecule has 21 heavy (non-hydrogen) atoms. The molecule has 0 heterocycles. The van der Waals surface area contributed by atoms with Gasteiger partial charge in [0.15, 0.2) is 0 Å². The number of hydrazone groups is 1. The molecule has 1 amide bonds. The van der Waals surface area contributed by atoms with Crippen LogP contribution in [0.1, 0.15) is 15.9 Å². The van der Waals surface area contributed by atoms with Crippen LogP contribution in [0, 0.1) is 0 Å². The Morgan fingerprint density at radius 3 is 2.57 bits per heavy atom. The van der Waals surface area contributed by atoms with Crippen LogP contribution in [0.4, 0.5) is 5.69 Å². The largest absolute Gasteiger partial charge is 0.508 e. The molecule has 0 saturated heterocycles. The van der Waals surface area contributed by atoms with Crippen molar-refractivity contribution in [3.8, 4) is 5.75 Å². The van der Waals surface area contributed by atoms with E-state index in [1.54, 1.807) is 36.4 Å². The van der Waals surface area contributed by atoms with Crippen LogP contribution < -0.4 is 10.3 Å². The third kappa shape index (κ3) is 4.07. The molecule has 2 aromatic rings. The zero-order valence-electron chi connectivity index (χ0n) is 11.9. The molecular weight excluding hydrogens is 266 g/mol. The summed E-state index contributed by atoms with van der Waals surface area (Å²) < 4.78 is 0. The number of phenolic OH excluding ortho intramolecular Hbond substituents is 1. The lowest BCUT2D eigenvalue weighted by atomic mass is 10.2. The van der Waals surface area contributed by atoms with Crippen molar-refractivity contribution in [1.82, 2.24) is 5.43 Å². The van der Waals surface area contributed by atoms with Crippen molar-refractivity contribution < 1.29 is 9.90 Å². The Bertz CT molecular complexity index is 649. The molecule has 0 atom stereocenters. The second-order valence-electron chi connectivity index (χ2n) is 4.74. The molecule has 2 rings (SSSR count). The molecule has 0 fully saturated rings. The highest BCUT2D eigenvalue weighted by molar-refractivity contribution is 5.95. The first-order valence-electron chi connectivity index (χ1n) is 6.46. The number of hydrogen-bond donors (Lipinski definition) is 2. The van der Waals surface area contributed by atoms with Gasteiger partial charge in [0.2, 0.25) is 0 Å². The minimum Gasteiger partial charge on any atom is -0.508 e. The maximum absolute atomic E-state index is 12.0. The maximum Gasteiger partial charge on any atom is 0.271 e. The number of amides is 1. The predicted molar refractivity (Wildman–Crippen MR) is 83.9 cm³/mol. The topological polar surface area (TPSA) is 64.9 Å². The zero-order chi connectivity index (χ0) is 15.2. The van der Waals surface area contributed by atoms with E-state index in [-0.39, 0.29) is 11.7 Å². The van der Waals surface area contributed by atoms with Crippen LogP contribution in [-0.2, 0) is 0 Å². The van der Waals surface area contributed by atoms with E-state index in [1.165, 1.54) is 6.21 Å². The molecule has 2 aromatic carbocycles. The van der Waals surface area contributed by atoms with Crippen LogP contribution in [-0.4, -0.2) is 31.3 Å². The summed E-state index contributed by atoms with van der Waals surface area (Å²) >= 11 is 0. The minimum absolute atomic E-state index is 0.191. The summed E-state index contributed by atoms with van der Waals surface area (Å²) in [5.41, 5.74) is 4.76.